The molecule has 0 amide bonds. The molecule has 0 saturated carbocycles. The van der Waals surface area contributed by atoms with E-state index >= 15 is 0 Å². The number of hydrogen-bond donors (Lipinski definition) is 1. The van der Waals surface area contributed by atoms with E-state index in [0.29, 0.717) is 17.7 Å². The first kappa shape index (κ1) is 14.8. The van der Waals surface area contributed by atoms with Crippen molar-refractivity contribution in [1.82, 2.24) is 0 Å². The molecule has 3 nitrogen and oxygen atoms in total. The average Bonchev–Trinajstić information content (AvgIpc) is 2.43. The van der Waals surface area contributed by atoms with Gasteiger partial charge in [0.2, 0.25) is 0 Å². The summed E-state index contributed by atoms with van der Waals surface area (Å²) in [6.45, 7) is 5.31. The molecule has 0 unspecified atom stereocenters. The molecule has 0 spiro atoms. The molecular formula is C16H19FO3. The Morgan fingerprint density at radius 3 is 2.90 bits per heavy atom. The molecule has 3 atom stereocenters. The Balaban J connectivity index is 2.11. The summed E-state index contributed by atoms with van der Waals surface area (Å²) in [5.41, 5.74) is 0.711. The third-order valence-electron chi connectivity index (χ3n) is 3.21. The van der Waals surface area contributed by atoms with Gasteiger partial charge in [0, 0.05) is 0 Å². The summed E-state index contributed by atoms with van der Waals surface area (Å²) in [6, 6.07) is 4.35. The summed E-state index contributed by atoms with van der Waals surface area (Å²) in [4.78, 5) is 0. The lowest BCUT2D eigenvalue weighted by Crippen LogP contribution is -2.41. The zero-order valence-corrected chi connectivity index (χ0v) is 11.5. The number of aliphatic hydroxyl groups excluding tert-OH is 1. The Hall–Kier alpha value is -1.65. The fraction of sp³-hybridized carbons (Fsp3) is 0.375. The predicted octanol–water partition coefficient (Wildman–Crippen LogP) is 2.77. The first-order chi connectivity index (χ1) is 9.63. The number of rotatable bonds is 5. The normalized spacial score (nSPS) is 25.4. The summed E-state index contributed by atoms with van der Waals surface area (Å²) < 4.78 is 24.6. The predicted molar refractivity (Wildman–Crippen MR) is 75.3 cm³/mol. The molecule has 1 aliphatic heterocycles. The van der Waals surface area contributed by atoms with Gasteiger partial charge in [-0.15, -0.1) is 6.58 Å². The SMILES string of the molecule is C=CC[C@@H]1C=C[C@H](Oc2ccc(F)cc2C)[C@@H](CO)O1. The van der Waals surface area contributed by atoms with Crippen LogP contribution in [-0.4, -0.2) is 30.0 Å². The largest absolute Gasteiger partial charge is 0.483 e. The van der Waals surface area contributed by atoms with E-state index in [-0.39, 0.29) is 24.6 Å². The number of halogens is 1. The summed E-state index contributed by atoms with van der Waals surface area (Å²) in [5.74, 6) is 0.292. The monoisotopic (exact) mass is 278 g/mol. The molecule has 108 valence electrons. The second-order valence-corrected chi connectivity index (χ2v) is 4.80. The van der Waals surface area contributed by atoms with E-state index in [1.165, 1.54) is 12.1 Å². The number of aliphatic hydroxyl groups is 1. The third-order valence-corrected chi connectivity index (χ3v) is 3.21. The Morgan fingerprint density at radius 1 is 1.45 bits per heavy atom. The smallest absolute Gasteiger partial charge is 0.145 e. The van der Waals surface area contributed by atoms with E-state index in [4.69, 9.17) is 9.47 Å². The molecule has 20 heavy (non-hydrogen) atoms. The second-order valence-electron chi connectivity index (χ2n) is 4.80. The lowest BCUT2D eigenvalue weighted by Gasteiger charge is -2.31. The van der Waals surface area contributed by atoms with Crippen molar-refractivity contribution in [2.24, 2.45) is 0 Å². The lowest BCUT2D eigenvalue weighted by atomic mass is 10.1. The standard InChI is InChI=1S/C16H19FO3/c1-3-4-13-6-8-15(16(10-18)19-13)20-14-7-5-12(17)9-11(14)2/h3,5-9,13,15-16,18H,1,4,10H2,2H3/t13-,15+,16-/m1/s1. The lowest BCUT2D eigenvalue weighted by molar-refractivity contribution is -0.0706. The molecule has 1 aliphatic rings. The topological polar surface area (TPSA) is 38.7 Å². The van der Waals surface area contributed by atoms with Crippen molar-refractivity contribution in [3.05, 3.63) is 54.4 Å². The molecule has 0 saturated heterocycles. The fourth-order valence-corrected chi connectivity index (χ4v) is 2.16. The average molecular weight is 278 g/mol. The fourth-order valence-electron chi connectivity index (χ4n) is 2.16. The number of benzene rings is 1. The van der Waals surface area contributed by atoms with Gasteiger partial charge in [0.1, 0.15) is 23.8 Å². The van der Waals surface area contributed by atoms with Crippen LogP contribution in [0.5, 0.6) is 5.75 Å². The molecule has 0 aliphatic carbocycles. The van der Waals surface area contributed by atoms with Gasteiger partial charge in [-0.2, -0.15) is 0 Å². The zero-order valence-electron chi connectivity index (χ0n) is 11.5. The third kappa shape index (κ3) is 3.46. The number of hydrogen-bond acceptors (Lipinski definition) is 3. The zero-order chi connectivity index (χ0) is 14.5. The maximum atomic E-state index is 13.1. The molecule has 1 heterocycles. The summed E-state index contributed by atoms with van der Waals surface area (Å²) in [7, 11) is 0. The van der Waals surface area contributed by atoms with E-state index in [0.717, 1.165) is 0 Å². The maximum Gasteiger partial charge on any atom is 0.145 e. The highest BCUT2D eigenvalue weighted by Gasteiger charge is 2.28. The van der Waals surface area contributed by atoms with Crippen molar-refractivity contribution < 1.29 is 19.0 Å². The van der Waals surface area contributed by atoms with E-state index in [1.54, 1.807) is 19.1 Å². The number of aryl methyl sites for hydroxylation is 1. The van der Waals surface area contributed by atoms with Crippen LogP contribution in [0.2, 0.25) is 0 Å². The van der Waals surface area contributed by atoms with Gasteiger partial charge in [-0.3, -0.25) is 0 Å². The first-order valence-corrected chi connectivity index (χ1v) is 6.62. The molecule has 1 aromatic rings. The molecule has 4 heteroatoms. The molecule has 2 rings (SSSR count). The number of ether oxygens (including phenoxy) is 2. The van der Waals surface area contributed by atoms with Crippen molar-refractivity contribution in [1.29, 1.82) is 0 Å². The van der Waals surface area contributed by atoms with Crippen LogP contribution in [0.3, 0.4) is 0 Å². The summed E-state index contributed by atoms with van der Waals surface area (Å²) >= 11 is 0. The van der Waals surface area contributed by atoms with Crippen LogP contribution in [0.4, 0.5) is 4.39 Å². The van der Waals surface area contributed by atoms with Crippen LogP contribution in [0.25, 0.3) is 0 Å². The van der Waals surface area contributed by atoms with E-state index in [9.17, 15) is 9.50 Å². The highest BCUT2D eigenvalue weighted by molar-refractivity contribution is 5.33. The van der Waals surface area contributed by atoms with E-state index in [2.05, 4.69) is 6.58 Å². The van der Waals surface area contributed by atoms with Gasteiger partial charge in [0.25, 0.3) is 0 Å². The summed E-state index contributed by atoms with van der Waals surface area (Å²) in [5, 5.41) is 9.41. The van der Waals surface area contributed by atoms with Crippen LogP contribution in [0, 0.1) is 12.7 Å². The molecular weight excluding hydrogens is 259 g/mol. The van der Waals surface area contributed by atoms with Gasteiger partial charge in [-0.25, -0.2) is 4.39 Å². The molecule has 0 aromatic heterocycles. The molecule has 1 N–H and O–H groups in total. The summed E-state index contributed by atoms with van der Waals surface area (Å²) in [6.07, 6.45) is 5.33. The molecule has 0 radical (unpaired) electrons. The minimum atomic E-state index is -0.436. The first-order valence-electron chi connectivity index (χ1n) is 6.62. The minimum absolute atomic E-state index is 0.0844. The van der Waals surface area contributed by atoms with Crippen molar-refractivity contribution >= 4 is 0 Å². The molecule has 1 aromatic carbocycles. The Bertz CT molecular complexity index is 498. The van der Waals surface area contributed by atoms with Crippen molar-refractivity contribution in [3.63, 3.8) is 0 Å². The van der Waals surface area contributed by atoms with Crippen molar-refractivity contribution in [3.8, 4) is 5.75 Å². The molecule has 0 bridgehead atoms. The Labute approximate surface area is 118 Å². The highest BCUT2D eigenvalue weighted by atomic mass is 19.1. The Morgan fingerprint density at radius 2 is 2.25 bits per heavy atom. The van der Waals surface area contributed by atoms with Crippen LogP contribution in [0.1, 0.15) is 12.0 Å². The van der Waals surface area contributed by atoms with Gasteiger partial charge >= 0.3 is 0 Å². The second kappa shape index (κ2) is 6.68. The van der Waals surface area contributed by atoms with Crippen molar-refractivity contribution in [2.75, 3.05) is 6.61 Å². The van der Waals surface area contributed by atoms with Crippen molar-refractivity contribution in [2.45, 2.75) is 31.7 Å². The Kier molecular flexibility index (Phi) is 4.93. The highest BCUT2D eigenvalue weighted by Crippen LogP contribution is 2.24. The van der Waals surface area contributed by atoms with Gasteiger partial charge in [-0.05, 0) is 43.2 Å². The quantitative estimate of drug-likeness (QED) is 0.842. The van der Waals surface area contributed by atoms with E-state index in [1.807, 2.05) is 12.2 Å². The van der Waals surface area contributed by atoms with Crippen LogP contribution in [-0.2, 0) is 4.74 Å². The maximum absolute atomic E-state index is 13.1. The van der Waals surface area contributed by atoms with Gasteiger partial charge in [-0.1, -0.05) is 12.2 Å². The molecule has 0 fully saturated rings. The van der Waals surface area contributed by atoms with Gasteiger partial charge in [0.05, 0.1) is 12.7 Å². The minimum Gasteiger partial charge on any atom is -0.483 e. The van der Waals surface area contributed by atoms with Crippen LogP contribution < -0.4 is 4.74 Å². The van der Waals surface area contributed by atoms with Gasteiger partial charge < -0.3 is 14.6 Å². The van der Waals surface area contributed by atoms with Crippen LogP contribution in [0.15, 0.2) is 43.0 Å². The van der Waals surface area contributed by atoms with Gasteiger partial charge in [0.15, 0.2) is 0 Å². The van der Waals surface area contributed by atoms with Crippen LogP contribution >= 0.6 is 0 Å². The van der Waals surface area contributed by atoms with E-state index < -0.39 is 6.10 Å².